The third-order valence-electron chi connectivity index (χ3n) is 6.25. The number of nitrogens with zero attached hydrogens (tertiary/aromatic N) is 4. The normalized spacial score (nSPS) is 20.4. The summed E-state index contributed by atoms with van der Waals surface area (Å²) in [7, 11) is 0. The fraction of sp³-hybridized carbons (Fsp3) is 0.565. The molecule has 2 aliphatic rings. The van der Waals surface area contributed by atoms with Crippen LogP contribution in [0, 0.1) is 25.7 Å². The van der Waals surface area contributed by atoms with Crippen LogP contribution in [0.25, 0.3) is 11.0 Å². The molecule has 2 fully saturated rings. The topological polar surface area (TPSA) is 66.4 Å². The van der Waals surface area contributed by atoms with Crippen molar-refractivity contribution < 1.29 is 9.59 Å². The van der Waals surface area contributed by atoms with Crippen molar-refractivity contribution in [1.29, 1.82) is 0 Å². The van der Waals surface area contributed by atoms with E-state index >= 15 is 0 Å². The number of hydrogen-bond acceptors (Lipinski definition) is 4. The van der Waals surface area contributed by atoms with Crippen LogP contribution in [0.5, 0.6) is 0 Å². The number of carbonyl (C=O) groups is 2. The highest BCUT2D eigenvalue weighted by molar-refractivity contribution is 5.97. The molecule has 1 aromatic heterocycles. The van der Waals surface area contributed by atoms with Crippen LogP contribution in [0.2, 0.25) is 0 Å². The van der Waals surface area contributed by atoms with Gasteiger partial charge in [-0.1, -0.05) is 13.8 Å². The maximum absolute atomic E-state index is 13.3. The second-order valence-corrected chi connectivity index (χ2v) is 8.90. The summed E-state index contributed by atoms with van der Waals surface area (Å²) in [6.07, 6.45) is 2.83. The molecule has 4 rings (SSSR count). The summed E-state index contributed by atoms with van der Waals surface area (Å²) < 4.78 is 0. The summed E-state index contributed by atoms with van der Waals surface area (Å²) in [5.74, 6) is 1.10. The number of carbonyl (C=O) groups excluding carboxylic acids is 2. The minimum Gasteiger partial charge on any atom is -0.337 e. The Hall–Kier alpha value is -2.50. The predicted molar refractivity (Wildman–Crippen MR) is 113 cm³/mol. The zero-order valence-corrected chi connectivity index (χ0v) is 17.8. The van der Waals surface area contributed by atoms with E-state index in [9.17, 15) is 9.59 Å². The van der Waals surface area contributed by atoms with E-state index in [-0.39, 0.29) is 17.9 Å². The van der Waals surface area contributed by atoms with E-state index in [1.54, 1.807) is 0 Å². The number of hydrogen-bond donors (Lipinski definition) is 0. The maximum Gasteiger partial charge on any atom is 0.254 e. The summed E-state index contributed by atoms with van der Waals surface area (Å²) in [4.78, 5) is 39.2. The highest BCUT2D eigenvalue weighted by Crippen LogP contribution is 2.32. The average molecular weight is 395 g/mol. The van der Waals surface area contributed by atoms with Gasteiger partial charge < -0.3 is 9.80 Å². The molecule has 0 N–H and O–H groups in total. The van der Waals surface area contributed by atoms with Crippen molar-refractivity contribution in [1.82, 2.24) is 19.8 Å². The monoisotopic (exact) mass is 394 g/mol. The molecule has 0 unspecified atom stereocenters. The zero-order chi connectivity index (χ0) is 20.7. The number of rotatable bonds is 4. The minimum atomic E-state index is -0.0290. The van der Waals surface area contributed by atoms with E-state index in [0.717, 1.165) is 29.0 Å². The molecule has 2 aromatic rings. The van der Waals surface area contributed by atoms with Gasteiger partial charge in [-0.3, -0.25) is 9.59 Å². The summed E-state index contributed by atoms with van der Waals surface area (Å²) in [6, 6.07) is 5.59. The van der Waals surface area contributed by atoms with Gasteiger partial charge in [-0.15, -0.1) is 0 Å². The van der Waals surface area contributed by atoms with Gasteiger partial charge in [-0.25, -0.2) is 9.97 Å². The smallest absolute Gasteiger partial charge is 0.254 e. The predicted octanol–water partition coefficient (Wildman–Crippen LogP) is 3.36. The molecule has 2 amide bonds. The second-order valence-electron chi connectivity index (χ2n) is 8.90. The number of benzene rings is 1. The summed E-state index contributed by atoms with van der Waals surface area (Å²) in [5, 5.41) is 0. The Morgan fingerprint density at radius 2 is 1.83 bits per heavy atom. The van der Waals surface area contributed by atoms with Gasteiger partial charge in [-0.05, 0) is 56.7 Å². The molecule has 1 aromatic carbocycles. The molecular weight excluding hydrogens is 364 g/mol. The first-order valence-corrected chi connectivity index (χ1v) is 10.7. The number of fused-ring (bicyclic) bond motifs is 1. The third kappa shape index (κ3) is 4.11. The quantitative estimate of drug-likeness (QED) is 0.798. The van der Waals surface area contributed by atoms with Crippen LogP contribution in [0.4, 0.5) is 0 Å². The van der Waals surface area contributed by atoms with Crippen LogP contribution in [0.15, 0.2) is 18.2 Å². The lowest BCUT2D eigenvalue weighted by Crippen LogP contribution is -2.48. The molecule has 0 spiro atoms. The van der Waals surface area contributed by atoms with Crippen molar-refractivity contribution in [3.05, 3.63) is 35.2 Å². The lowest BCUT2D eigenvalue weighted by atomic mass is 10.0. The van der Waals surface area contributed by atoms with E-state index in [1.807, 2.05) is 41.8 Å². The van der Waals surface area contributed by atoms with Crippen LogP contribution in [-0.4, -0.2) is 57.3 Å². The molecule has 1 saturated carbocycles. The summed E-state index contributed by atoms with van der Waals surface area (Å²) >= 11 is 0. The average Bonchev–Trinajstić information content (AvgIpc) is 3.51. The Bertz CT molecular complexity index is 951. The first-order chi connectivity index (χ1) is 13.8. The van der Waals surface area contributed by atoms with Gasteiger partial charge in [0, 0.05) is 31.6 Å². The highest BCUT2D eigenvalue weighted by Gasteiger charge is 2.36. The fourth-order valence-corrected chi connectivity index (χ4v) is 4.09. The number of aromatic nitrogens is 2. The summed E-state index contributed by atoms with van der Waals surface area (Å²) in [5.41, 5.74) is 3.92. The van der Waals surface area contributed by atoms with E-state index in [4.69, 9.17) is 0 Å². The van der Waals surface area contributed by atoms with Crippen LogP contribution in [-0.2, 0) is 4.79 Å². The Balaban J connectivity index is 1.59. The molecule has 1 aliphatic heterocycles. The molecular formula is C23H30N4O2. The van der Waals surface area contributed by atoms with Crippen molar-refractivity contribution >= 4 is 22.8 Å². The molecule has 29 heavy (non-hydrogen) atoms. The van der Waals surface area contributed by atoms with Crippen LogP contribution >= 0.6 is 0 Å². The van der Waals surface area contributed by atoms with Crippen molar-refractivity contribution in [2.24, 2.45) is 11.8 Å². The van der Waals surface area contributed by atoms with Crippen LogP contribution < -0.4 is 0 Å². The molecule has 6 heteroatoms. The molecule has 1 aliphatic carbocycles. The largest absolute Gasteiger partial charge is 0.337 e. The molecule has 1 saturated heterocycles. The molecule has 6 nitrogen and oxygen atoms in total. The number of aryl methyl sites for hydroxylation is 2. The van der Waals surface area contributed by atoms with Gasteiger partial charge in [0.1, 0.15) is 0 Å². The zero-order valence-electron chi connectivity index (χ0n) is 17.8. The lowest BCUT2D eigenvalue weighted by Gasteiger charge is -2.34. The first-order valence-electron chi connectivity index (χ1n) is 10.7. The van der Waals surface area contributed by atoms with Gasteiger partial charge in [0.05, 0.1) is 28.5 Å². The Kier molecular flexibility index (Phi) is 5.28. The number of amides is 2. The van der Waals surface area contributed by atoms with Gasteiger partial charge in [-0.2, -0.15) is 0 Å². The van der Waals surface area contributed by atoms with Gasteiger partial charge in [0.25, 0.3) is 5.91 Å². The van der Waals surface area contributed by atoms with Crippen molar-refractivity contribution in [3.63, 3.8) is 0 Å². The van der Waals surface area contributed by atoms with E-state index in [0.29, 0.717) is 36.9 Å². The Morgan fingerprint density at radius 3 is 2.48 bits per heavy atom. The Labute approximate surface area is 172 Å². The van der Waals surface area contributed by atoms with Gasteiger partial charge in [0.15, 0.2) is 0 Å². The summed E-state index contributed by atoms with van der Waals surface area (Å²) in [6.45, 7) is 10.1. The minimum absolute atomic E-state index is 0.0290. The third-order valence-corrected chi connectivity index (χ3v) is 6.25. The highest BCUT2D eigenvalue weighted by atomic mass is 16.2. The van der Waals surface area contributed by atoms with Gasteiger partial charge >= 0.3 is 0 Å². The van der Waals surface area contributed by atoms with Crippen molar-refractivity contribution in [3.8, 4) is 0 Å². The van der Waals surface area contributed by atoms with E-state index in [2.05, 4.69) is 23.8 Å². The standard InChI is InChI=1S/C23H30N4O2/c1-14(2)21-13-26(10-9-22(28)27(21)12-17-5-6-17)23(29)18-7-8-19-20(11-18)25-16(4)15(3)24-19/h7-8,11,14,17,21H,5-6,9-10,12-13H2,1-4H3/t21-/m1/s1. The van der Waals surface area contributed by atoms with E-state index < -0.39 is 0 Å². The fourth-order valence-electron chi connectivity index (χ4n) is 4.09. The lowest BCUT2D eigenvalue weighted by molar-refractivity contribution is -0.133. The molecule has 1 atom stereocenters. The van der Waals surface area contributed by atoms with Crippen LogP contribution in [0.1, 0.15) is 54.9 Å². The second kappa shape index (κ2) is 7.73. The van der Waals surface area contributed by atoms with E-state index in [1.165, 1.54) is 12.8 Å². The van der Waals surface area contributed by atoms with Crippen molar-refractivity contribution in [2.75, 3.05) is 19.6 Å². The SMILES string of the molecule is Cc1nc2ccc(C(=O)N3CCC(=O)N(CC4CC4)[C@@H](C(C)C)C3)cc2nc1C. The molecule has 2 heterocycles. The van der Waals surface area contributed by atoms with Gasteiger partial charge in [0.2, 0.25) is 5.91 Å². The Morgan fingerprint density at radius 1 is 1.14 bits per heavy atom. The van der Waals surface area contributed by atoms with Crippen molar-refractivity contribution in [2.45, 2.75) is 53.0 Å². The molecule has 154 valence electrons. The van der Waals surface area contributed by atoms with Crippen LogP contribution in [0.3, 0.4) is 0 Å². The molecule has 0 bridgehead atoms. The maximum atomic E-state index is 13.3. The molecule has 0 radical (unpaired) electrons. The first kappa shape index (κ1) is 19.8.